The number of carbonyl (C=O) groups is 2. The van der Waals surface area contributed by atoms with E-state index in [9.17, 15) is 9.59 Å². The molecule has 1 atom stereocenters. The largest absolute Gasteiger partial charge is 0.480 e. The Labute approximate surface area is 120 Å². The number of carbonyl (C=O) groups excluding carboxylic acids is 1. The summed E-state index contributed by atoms with van der Waals surface area (Å²) in [5, 5.41) is 14.7. The third-order valence-electron chi connectivity index (χ3n) is 4.07. The fourth-order valence-corrected chi connectivity index (χ4v) is 2.28. The normalized spacial score (nSPS) is 23.3. The smallest absolute Gasteiger partial charge is 0.317 e. The van der Waals surface area contributed by atoms with Crippen molar-refractivity contribution >= 4 is 12.0 Å². The van der Waals surface area contributed by atoms with Gasteiger partial charge in [-0.25, -0.2) is 4.79 Å². The second-order valence-electron chi connectivity index (χ2n) is 5.93. The minimum absolute atomic E-state index is 0.0739. The highest BCUT2D eigenvalue weighted by Crippen LogP contribution is 2.25. The van der Waals surface area contributed by atoms with Crippen molar-refractivity contribution in [2.45, 2.75) is 58.7 Å². The number of aliphatic carboxylic acids is 1. The Morgan fingerprint density at radius 3 is 2.35 bits per heavy atom. The second-order valence-corrected chi connectivity index (χ2v) is 5.93. The third kappa shape index (κ3) is 5.00. The maximum absolute atomic E-state index is 11.8. The second kappa shape index (κ2) is 7.47. The number of likely N-dealkylation sites (N-methyl/N-ethyl adjacent to an activating group) is 1. The highest BCUT2D eigenvalue weighted by Gasteiger charge is 2.34. The zero-order valence-electron chi connectivity index (χ0n) is 12.8. The highest BCUT2D eigenvalue weighted by molar-refractivity contribution is 5.74. The van der Waals surface area contributed by atoms with E-state index in [1.54, 1.807) is 0 Å². The Balaban J connectivity index is 2.27. The Hall–Kier alpha value is -1.30. The van der Waals surface area contributed by atoms with Crippen LogP contribution in [0, 0.1) is 5.92 Å². The molecule has 0 aromatic heterocycles. The van der Waals surface area contributed by atoms with E-state index in [4.69, 9.17) is 5.11 Å². The Morgan fingerprint density at radius 2 is 1.90 bits per heavy atom. The van der Waals surface area contributed by atoms with Crippen LogP contribution in [0.3, 0.4) is 0 Å². The van der Waals surface area contributed by atoms with Crippen molar-refractivity contribution in [1.29, 1.82) is 0 Å². The number of amides is 2. The molecule has 0 aliphatic heterocycles. The molecule has 0 heterocycles. The number of carboxylic acid groups (broad SMARTS) is 1. The maximum Gasteiger partial charge on any atom is 0.317 e. The first-order valence-electron chi connectivity index (χ1n) is 7.36. The van der Waals surface area contributed by atoms with Gasteiger partial charge in [-0.05, 0) is 32.2 Å². The van der Waals surface area contributed by atoms with E-state index in [2.05, 4.69) is 24.5 Å². The summed E-state index contributed by atoms with van der Waals surface area (Å²) >= 11 is 0. The van der Waals surface area contributed by atoms with Crippen molar-refractivity contribution in [3.63, 3.8) is 0 Å². The van der Waals surface area contributed by atoms with Crippen LogP contribution >= 0.6 is 0 Å². The lowest BCUT2D eigenvalue weighted by atomic mass is 9.85. The molecule has 0 saturated heterocycles. The summed E-state index contributed by atoms with van der Waals surface area (Å²) in [7, 11) is 0. The van der Waals surface area contributed by atoms with Gasteiger partial charge in [0.15, 0.2) is 0 Å². The van der Waals surface area contributed by atoms with E-state index in [0.717, 1.165) is 19.4 Å². The topological polar surface area (TPSA) is 81.7 Å². The molecule has 1 aliphatic rings. The van der Waals surface area contributed by atoms with Crippen LogP contribution in [-0.2, 0) is 4.79 Å². The molecular weight excluding hydrogens is 258 g/mol. The van der Waals surface area contributed by atoms with E-state index >= 15 is 0 Å². The van der Waals surface area contributed by atoms with E-state index in [1.165, 1.54) is 0 Å². The summed E-state index contributed by atoms with van der Waals surface area (Å²) in [5.41, 5.74) is 0. The van der Waals surface area contributed by atoms with Crippen molar-refractivity contribution in [3.05, 3.63) is 0 Å². The number of nitrogens with zero attached hydrogens (tertiary/aromatic N) is 1. The standard InChI is InChI=1S/C14H27N3O3/c1-5-17(8-13(18)19)12-6-11(7-12)16-14(20)15-10(4)9(2)3/h9-12H,5-8H2,1-4H3,(H,18,19)(H2,15,16,20). The molecule has 3 N–H and O–H groups in total. The minimum atomic E-state index is -0.799. The number of nitrogens with one attached hydrogen (secondary N) is 2. The highest BCUT2D eigenvalue weighted by atomic mass is 16.4. The molecule has 0 radical (unpaired) electrons. The zero-order valence-corrected chi connectivity index (χ0v) is 12.8. The molecule has 20 heavy (non-hydrogen) atoms. The molecule has 0 bridgehead atoms. The monoisotopic (exact) mass is 285 g/mol. The number of carboxylic acids is 1. The fraction of sp³-hybridized carbons (Fsp3) is 0.857. The van der Waals surface area contributed by atoms with Crippen molar-refractivity contribution < 1.29 is 14.7 Å². The third-order valence-corrected chi connectivity index (χ3v) is 4.07. The SMILES string of the molecule is CCN(CC(=O)O)C1CC(NC(=O)NC(C)C(C)C)C1. The minimum Gasteiger partial charge on any atom is -0.480 e. The first-order valence-corrected chi connectivity index (χ1v) is 7.36. The molecule has 1 saturated carbocycles. The van der Waals surface area contributed by atoms with Gasteiger partial charge in [-0.2, -0.15) is 0 Å². The summed E-state index contributed by atoms with van der Waals surface area (Å²) in [5.74, 6) is -0.396. The zero-order chi connectivity index (χ0) is 15.3. The Bertz CT molecular complexity index is 341. The lowest BCUT2D eigenvalue weighted by Gasteiger charge is -2.42. The number of rotatable bonds is 7. The van der Waals surface area contributed by atoms with Gasteiger partial charge in [-0.15, -0.1) is 0 Å². The Morgan fingerprint density at radius 1 is 1.30 bits per heavy atom. The van der Waals surface area contributed by atoms with Crippen molar-refractivity contribution in [1.82, 2.24) is 15.5 Å². The van der Waals surface area contributed by atoms with E-state index in [0.29, 0.717) is 5.92 Å². The van der Waals surface area contributed by atoms with Gasteiger partial charge in [-0.3, -0.25) is 9.69 Å². The molecule has 1 fully saturated rings. The Kier molecular flexibility index (Phi) is 6.26. The molecule has 0 aromatic carbocycles. The molecule has 6 nitrogen and oxygen atoms in total. The fourth-order valence-electron chi connectivity index (χ4n) is 2.28. The van der Waals surface area contributed by atoms with Gasteiger partial charge in [0.05, 0.1) is 6.54 Å². The van der Waals surface area contributed by atoms with Crippen LogP contribution in [0.25, 0.3) is 0 Å². The lowest BCUT2D eigenvalue weighted by Crippen LogP contribution is -2.57. The van der Waals surface area contributed by atoms with Crippen LogP contribution in [-0.4, -0.2) is 53.2 Å². The van der Waals surface area contributed by atoms with Crippen LogP contribution in [0.5, 0.6) is 0 Å². The van der Waals surface area contributed by atoms with E-state index < -0.39 is 5.97 Å². The predicted octanol–water partition coefficient (Wildman–Crippen LogP) is 1.27. The quantitative estimate of drug-likeness (QED) is 0.658. The molecular formula is C14H27N3O3. The molecule has 0 spiro atoms. The first kappa shape index (κ1) is 16.8. The van der Waals surface area contributed by atoms with Gasteiger partial charge in [0.1, 0.15) is 0 Å². The van der Waals surface area contributed by atoms with Gasteiger partial charge < -0.3 is 15.7 Å². The molecule has 1 unspecified atom stereocenters. The summed E-state index contributed by atoms with van der Waals surface area (Å²) in [4.78, 5) is 24.4. The average Bonchev–Trinajstić information content (AvgIpc) is 2.30. The van der Waals surface area contributed by atoms with Crippen LogP contribution in [0.2, 0.25) is 0 Å². The molecule has 1 rings (SSSR count). The summed E-state index contributed by atoms with van der Waals surface area (Å²) in [6.45, 7) is 8.87. The van der Waals surface area contributed by atoms with Gasteiger partial charge in [0.25, 0.3) is 0 Å². The van der Waals surface area contributed by atoms with Gasteiger partial charge in [0, 0.05) is 18.1 Å². The van der Waals surface area contributed by atoms with E-state index in [1.807, 2.05) is 18.7 Å². The first-order chi connectivity index (χ1) is 9.33. The van der Waals surface area contributed by atoms with E-state index in [-0.39, 0.29) is 30.7 Å². The van der Waals surface area contributed by atoms with Crippen molar-refractivity contribution in [2.24, 2.45) is 5.92 Å². The predicted molar refractivity (Wildman–Crippen MR) is 77.7 cm³/mol. The molecule has 2 amide bonds. The number of hydrogen-bond acceptors (Lipinski definition) is 3. The van der Waals surface area contributed by atoms with Crippen molar-refractivity contribution in [3.8, 4) is 0 Å². The number of hydrogen-bond donors (Lipinski definition) is 3. The molecule has 1 aliphatic carbocycles. The van der Waals surface area contributed by atoms with Crippen LogP contribution < -0.4 is 10.6 Å². The van der Waals surface area contributed by atoms with Crippen LogP contribution in [0.1, 0.15) is 40.5 Å². The molecule has 6 heteroatoms. The molecule has 116 valence electrons. The van der Waals surface area contributed by atoms with Gasteiger partial charge in [-0.1, -0.05) is 20.8 Å². The van der Waals surface area contributed by atoms with Gasteiger partial charge in [0.2, 0.25) is 0 Å². The summed E-state index contributed by atoms with van der Waals surface area (Å²) in [6, 6.07) is 0.437. The summed E-state index contributed by atoms with van der Waals surface area (Å²) < 4.78 is 0. The molecule has 0 aromatic rings. The van der Waals surface area contributed by atoms with Gasteiger partial charge >= 0.3 is 12.0 Å². The average molecular weight is 285 g/mol. The maximum atomic E-state index is 11.8. The van der Waals surface area contributed by atoms with Crippen LogP contribution in [0.15, 0.2) is 0 Å². The van der Waals surface area contributed by atoms with Crippen molar-refractivity contribution in [2.75, 3.05) is 13.1 Å². The summed E-state index contributed by atoms with van der Waals surface area (Å²) in [6.07, 6.45) is 1.65. The van der Waals surface area contributed by atoms with Crippen LogP contribution in [0.4, 0.5) is 4.79 Å². The number of urea groups is 1. The lowest BCUT2D eigenvalue weighted by molar-refractivity contribution is -0.139.